The molecule has 0 spiro atoms. The number of allylic oxidation sites excluding steroid dienone is 1. The van der Waals surface area contributed by atoms with Crippen LogP contribution in [0.2, 0.25) is 0 Å². The third-order valence-electron chi connectivity index (χ3n) is 9.86. The molecule has 0 aromatic carbocycles. The predicted octanol–water partition coefficient (Wildman–Crippen LogP) is 7.14. The molecule has 4 rings (SSSR count). The van der Waals surface area contributed by atoms with Gasteiger partial charge in [-0.15, -0.1) is 0 Å². The second kappa shape index (κ2) is 7.51. The topological polar surface area (TPSA) is 20.2 Å². The van der Waals surface area contributed by atoms with Gasteiger partial charge < -0.3 is 5.11 Å². The Morgan fingerprint density at radius 1 is 1.04 bits per heavy atom. The first-order chi connectivity index (χ1) is 12.8. The number of aliphatic hydroxyl groups excluding tert-OH is 1. The molecule has 3 fully saturated rings. The van der Waals surface area contributed by atoms with Crippen molar-refractivity contribution in [3.05, 3.63) is 11.6 Å². The molecule has 27 heavy (non-hydrogen) atoms. The van der Waals surface area contributed by atoms with Gasteiger partial charge in [-0.2, -0.15) is 0 Å². The molecule has 7 atom stereocenters. The van der Waals surface area contributed by atoms with Gasteiger partial charge in [-0.1, -0.05) is 58.6 Å². The van der Waals surface area contributed by atoms with Gasteiger partial charge in [-0.25, -0.2) is 0 Å². The second-order valence-electron chi connectivity index (χ2n) is 11.7. The van der Waals surface area contributed by atoms with Crippen LogP contribution in [0.3, 0.4) is 0 Å². The summed E-state index contributed by atoms with van der Waals surface area (Å²) in [5, 5.41) is 10.2. The average molecular weight is 373 g/mol. The summed E-state index contributed by atoms with van der Waals surface area (Å²) in [7, 11) is 0. The van der Waals surface area contributed by atoms with Crippen molar-refractivity contribution < 1.29 is 5.11 Å². The van der Waals surface area contributed by atoms with Crippen LogP contribution in [0.4, 0.5) is 0 Å². The highest BCUT2D eigenvalue weighted by Crippen LogP contribution is 2.66. The van der Waals surface area contributed by atoms with Crippen LogP contribution in [0.5, 0.6) is 0 Å². The highest BCUT2D eigenvalue weighted by molar-refractivity contribution is 5.25. The van der Waals surface area contributed by atoms with Crippen LogP contribution in [-0.4, -0.2) is 11.2 Å². The van der Waals surface area contributed by atoms with Crippen LogP contribution < -0.4 is 0 Å². The molecule has 4 aliphatic carbocycles. The van der Waals surface area contributed by atoms with E-state index in [0.717, 1.165) is 42.4 Å². The summed E-state index contributed by atoms with van der Waals surface area (Å²) in [4.78, 5) is 0. The van der Waals surface area contributed by atoms with E-state index >= 15 is 0 Å². The lowest BCUT2D eigenvalue weighted by atomic mass is 9.47. The maximum absolute atomic E-state index is 10.2. The Morgan fingerprint density at radius 3 is 2.63 bits per heavy atom. The van der Waals surface area contributed by atoms with Crippen LogP contribution in [0.25, 0.3) is 0 Å². The molecule has 0 radical (unpaired) electrons. The molecule has 1 N–H and O–H groups in total. The molecule has 0 bridgehead atoms. The first-order valence-corrected chi connectivity index (χ1v) is 12.2. The maximum Gasteiger partial charge on any atom is 0.0577 e. The summed E-state index contributed by atoms with van der Waals surface area (Å²) in [5.41, 5.74) is 2.64. The first kappa shape index (κ1) is 20.0. The van der Waals surface area contributed by atoms with Gasteiger partial charge in [-0.3, -0.25) is 0 Å². The number of unbranched alkanes of at least 4 members (excludes halogenated alkanes) is 1. The minimum atomic E-state index is -0.0727. The van der Waals surface area contributed by atoms with Crippen LogP contribution in [0.15, 0.2) is 11.6 Å². The number of fused-ring (bicyclic) bond motifs is 5. The van der Waals surface area contributed by atoms with E-state index in [4.69, 9.17) is 0 Å². The summed E-state index contributed by atoms with van der Waals surface area (Å²) in [6.45, 7) is 9.97. The van der Waals surface area contributed by atoms with Crippen molar-refractivity contribution in [3.8, 4) is 0 Å². The van der Waals surface area contributed by atoms with E-state index in [1.807, 2.05) is 0 Å². The van der Waals surface area contributed by atoms with E-state index in [1.165, 1.54) is 64.2 Å². The maximum atomic E-state index is 10.2. The molecule has 0 aliphatic heterocycles. The van der Waals surface area contributed by atoms with Crippen LogP contribution in [0.1, 0.15) is 105 Å². The van der Waals surface area contributed by atoms with E-state index in [-0.39, 0.29) is 6.10 Å². The molecule has 0 aromatic rings. The standard InChI is InChI=1S/C26H44O/c1-18(2)7-5-6-8-19-10-12-23-22-11-9-20-17-21(27)13-15-26(20,4)24(22)14-16-25(19,23)3/h9,18-19,21-24,27H,5-8,10-17H2,1-4H3/t19-,21?,22?,23?,24?,25?,26?/m0/s1. The predicted molar refractivity (Wildman–Crippen MR) is 115 cm³/mol. The Kier molecular flexibility index (Phi) is 5.56. The lowest BCUT2D eigenvalue weighted by Gasteiger charge is -2.58. The van der Waals surface area contributed by atoms with Gasteiger partial charge in [0.1, 0.15) is 0 Å². The van der Waals surface area contributed by atoms with Crippen LogP contribution in [-0.2, 0) is 0 Å². The Bertz CT molecular complexity index is 563. The van der Waals surface area contributed by atoms with E-state index in [2.05, 4.69) is 33.8 Å². The van der Waals surface area contributed by atoms with Gasteiger partial charge in [0.15, 0.2) is 0 Å². The zero-order chi connectivity index (χ0) is 19.2. The van der Waals surface area contributed by atoms with Crippen LogP contribution in [0, 0.1) is 40.4 Å². The SMILES string of the molecule is CC(C)CCCC[C@H]1CCC2C3CC=C4CC(O)CCC4(C)C3CCC21C. The smallest absolute Gasteiger partial charge is 0.0577 e. The fourth-order valence-electron chi connectivity index (χ4n) is 8.17. The lowest BCUT2D eigenvalue weighted by molar-refractivity contribution is -0.0508. The van der Waals surface area contributed by atoms with Crippen LogP contribution >= 0.6 is 0 Å². The van der Waals surface area contributed by atoms with Crippen molar-refractivity contribution >= 4 is 0 Å². The average Bonchev–Trinajstić information content (AvgIpc) is 2.96. The molecule has 4 aliphatic rings. The van der Waals surface area contributed by atoms with E-state index in [9.17, 15) is 5.11 Å². The second-order valence-corrected chi connectivity index (χ2v) is 11.7. The Morgan fingerprint density at radius 2 is 1.85 bits per heavy atom. The van der Waals surface area contributed by atoms with E-state index in [0.29, 0.717) is 10.8 Å². The molecule has 154 valence electrons. The molecule has 1 heteroatoms. The molecule has 0 saturated heterocycles. The summed E-state index contributed by atoms with van der Waals surface area (Å²) in [6.07, 6.45) is 18.7. The van der Waals surface area contributed by atoms with Gasteiger partial charge in [0.2, 0.25) is 0 Å². The molecule has 0 amide bonds. The number of rotatable bonds is 5. The van der Waals surface area contributed by atoms with Gasteiger partial charge in [0.05, 0.1) is 6.10 Å². The van der Waals surface area contributed by atoms with E-state index < -0.39 is 0 Å². The molecule has 0 heterocycles. The monoisotopic (exact) mass is 372 g/mol. The van der Waals surface area contributed by atoms with Gasteiger partial charge in [-0.05, 0) is 98.2 Å². The van der Waals surface area contributed by atoms with Crippen molar-refractivity contribution in [2.75, 3.05) is 0 Å². The fourth-order valence-corrected chi connectivity index (χ4v) is 8.17. The minimum absolute atomic E-state index is 0.0727. The normalized spacial score (nSPS) is 46.6. The van der Waals surface area contributed by atoms with Gasteiger partial charge >= 0.3 is 0 Å². The zero-order valence-electron chi connectivity index (χ0n) is 18.5. The summed E-state index contributed by atoms with van der Waals surface area (Å²) in [5.74, 6) is 4.64. The van der Waals surface area contributed by atoms with Crippen molar-refractivity contribution in [2.24, 2.45) is 40.4 Å². The van der Waals surface area contributed by atoms with E-state index in [1.54, 1.807) is 5.57 Å². The van der Waals surface area contributed by atoms with Crippen molar-refractivity contribution in [1.82, 2.24) is 0 Å². The van der Waals surface area contributed by atoms with Gasteiger partial charge in [0, 0.05) is 0 Å². The zero-order valence-corrected chi connectivity index (χ0v) is 18.5. The van der Waals surface area contributed by atoms with Crippen molar-refractivity contribution in [1.29, 1.82) is 0 Å². The molecule has 3 saturated carbocycles. The summed E-state index contributed by atoms with van der Waals surface area (Å²) >= 11 is 0. The summed E-state index contributed by atoms with van der Waals surface area (Å²) < 4.78 is 0. The van der Waals surface area contributed by atoms with Crippen molar-refractivity contribution in [3.63, 3.8) is 0 Å². The molecular formula is C26H44O. The molecule has 6 unspecified atom stereocenters. The highest BCUT2D eigenvalue weighted by atomic mass is 16.3. The molecule has 0 aromatic heterocycles. The lowest BCUT2D eigenvalue weighted by Crippen LogP contribution is -2.50. The highest BCUT2D eigenvalue weighted by Gasteiger charge is 2.58. The quantitative estimate of drug-likeness (QED) is 0.401. The molecule has 1 nitrogen and oxygen atoms in total. The molecular weight excluding hydrogens is 328 g/mol. The Labute approximate surface area is 168 Å². The van der Waals surface area contributed by atoms with Gasteiger partial charge in [0.25, 0.3) is 0 Å². The largest absolute Gasteiger partial charge is 0.393 e. The third kappa shape index (κ3) is 3.45. The summed E-state index contributed by atoms with van der Waals surface area (Å²) in [6, 6.07) is 0. The van der Waals surface area contributed by atoms with Crippen molar-refractivity contribution in [2.45, 2.75) is 111 Å². The number of hydrogen-bond donors (Lipinski definition) is 1. The Hall–Kier alpha value is -0.300. The number of hydrogen-bond acceptors (Lipinski definition) is 1. The Balaban J connectivity index is 1.46. The fraction of sp³-hybridized carbons (Fsp3) is 0.923. The first-order valence-electron chi connectivity index (χ1n) is 12.2. The third-order valence-corrected chi connectivity index (χ3v) is 9.86. The minimum Gasteiger partial charge on any atom is -0.393 e. The number of aliphatic hydroxyl groups is 1.